The third-order valence-electron chi connectivity index (χ3n) is 4.56. The van der Waals surface area contributed by atoms with Crippen molar-refractivity contribution in [3.8, 4) is 0 Å². The minimum Gasteiger partial charge on any atom is -0.464 e. The fourth-order valence-corrected chi connectivity index (χ4v) is 3.63. The molecule has 6 nitrogen and oxygen atoms in total. The molecule has 26 heavy (non-hydrogen) atoms. The van der Waals surface area contributed by atoms with Crippen LogP contribution in [0.4, 0.5) is 11.6 Å². The molecule has 0 bridgehead atoms. The first kappa shape index (κ1) is 16.8. The summed E-state index contributed by atoms with van der Waals surface area (Å²) in [5.41, 5.74) is 3.03. The van der Waals surface area contributed by atoms with Gasteiger partial charge in [0.15, 0.2) is 5.11 Å². The fourth-order valence-electron chi connectivity index (χ4n) is 3.35. The minimum atomic E-state index is 0.719. The Morgan fingerprint density at radius 2 is 1.96 bits per heavy atom. The van der Waals surface area contributed by atoms with E-state index >= 15 is 0 Å². The monoisotopic (exact) mass is 367 g/mol. The summed E-state index contributed by atoms with van der Waals surface area (Å²) in [4.78, 5) is 13.5. The molecule has 1 fully saturated rings. The van der Waals surface area contributed by atoms with Crippen LogP contribution in [0.2, 0.25) is 0 Å². The van der Waals surface area contributed by atoms with Gasteiger partial charge < -0.3 is 19.5 Å². The quantitative estimate of drug-likeness (QED) is 0.697. The van der Waals surface area contributed by atoms with Crippen LogP contribution in [0.25, 0.3) is 11.0 Å². The van der Waals surface area contributed by atoms with Gasteiger partial charge in [0, 0.05) is 38.1 Å². The first-order valence-electron chi connectivity index (χ1n) is 8.68. The molecule has 4 heterocycles. The van der Waals surface area contributed by atoms with Gasteiger partial charge in [-0.3, -0.25) is 0 Å². The number of pyridine rings is 2. The Kier molecular flexibility index (Phi) is 4.46. The van der Waals surface area contributed by atoms with Crippen molar-refractivity contribution in [2.75, 3.05) is 36.4 Å². The van der Waals surface area contributed by atoms with Crippen LogP contribution in [0.1, 0.15) is 11.3 Å². The predicted octanol–water partition coefficient (Wildman–Crippen LogP) is 3.36. The van der Waals surface area contributed by atoms with Crippen molar-refractivity contribution in [2.24, 2.45) is 0 Å². The number of hydrogen-bond acceptors (Lipinski definition) is 5. The van der Waals surface area contributed by atoms with Crippen LogP contribution >= 0.6 is 12.2 Å². The molecular formula is C19H21N5OS. The zero-order chi connectivity index (χ0) is 18.1. The van der Waals surface area contributed by atoms with Gasteiger partial charge >= 0.3 is 0 Å². The highest BCUT2D eigenvalue weighted by Gasteiger charge is 2.22. The second-order valence-electron chi connectivity index (χ2n) is 6.54. The molecule has 1 aliphatic heterocycles. The summed E-state index contributed by atoms with van der Waals surface area (Å²) in [5, 5.41) is 5.05. The fraction of sp³-hybridized carbons (Fsp3) is 0.316. The second kappa shape index (κ2) is 6.92. The Morgan fingerprint density at radius 3 is 2.73 bits per heavy atom. The van der Waals surface area contributed by atoms with Crippen molar-refractivity contribution in [2.45, 2.75) is 13.8 Å². The number of nitrogens with zero attached hydrogens (tertiary/aromatic N) is 4. The number of rotatable bonds is 2. The first-order chi connectivity index (χ1) is 12.6. The number of aryl methyl sites for hydroxylation is 2. The summed E-state index contributed by atoms with van der Waals surface area (Å²) >= 11 is 5.59. The average Bonchev–Trinajstić information content (AvgIpc) is 3.09. The number of aromatic nitrogens is 2. The van der Waals surface area contributed by atoms with E-state index in [1.807, 2.05) is 25.1 Å². The van der Waals surface area contributed by atoms with Gasteiger partial charge in [-0.1, -0.05) is 0 Å². The molecule has 7 heteroatoms. The summed E-state index contributed by atoms with van der Waals surface area (Å²) in [7, 11) is 0. The topological polar surface area (TPSA) is 57.4 Å². The molecule has 0 radical (unpaired) electrons. The van der Waals surface area contributed by atoms with Gasteiger partial charge in [-0.05, 0) is 55.9 Å². The van der Waals surface area contributed by atoms with Crippen molar-refractivity contribution in [1.29, 1.82) is 0 Å². The minimum absolute atomic E-state index is 0.719. The molecule has 0 saturated carbocycles. The van der Waals surface area contributed by atoms with E-state index in [1.165, 1.54) is 5.56 Å². The largest absolute Gasteiger partial charge is 0.464 e. The molecule has 1 N–H and O–H groups in total. The maximum absolute atomic E-state index is 5.59. The maximum Gasteiger partial charge on any atom is 0.174 e. The summed E-state index contributed by atoms with van der Waals surface area (Å²) in [6.07, 6.45) is 3.51. The van der Waals surface area contributed by atoms with Crippen LogP contribution in [0.15, 0.2) is 41.1 Å². The second-order valence-corrected chi connectivity index (χ2v) is 6.93. The molecule has 4 rings (SSSR count). The molecule has 1 saturated heterocycles. The molecule has 3 aromatic rings. The first-order valence-corrected chi connectivity index (χ1v) is 9.09. The van der Waals surface area contributed by atoms with E-state index in [4.69, 9.17) is 16.6 Å². The van der Waals surface area contributed by atoms with Gasteiger partial charge in [0.1, 0.15) is 17.2 Å². The molecule has 1 aliphatic rings. The van der Waals surface area contributed by atoms with E-state index in [-0.39, 0.29) is 0 Å². The number of furan rings is 1. The summed E-state index contributed by atoms with van der Waals surface area (Å²) in [6.45, 7) is 7.45. The Hall–Kier alpha value is -2.67. The lowest BCUT2D eigenvalue weighted by molar-refractivity contribution is 0.390. The molecule has 134 valence electrons. The smallest absolute Gasteiger partial charge is 0.174 e. The molecular weight excluding hydrogens is 346 g/mol. The van der Waals surface area contributed by atoms with Crippen molar-refractivity contribution in [3.05, 3.63) is 48.0 Å². The highest BCUT2D eigenvalue weighted by molar-refractivity contribution is 7.80. The van der Waals surface area contributed by atoms with Gasteiger partial charge in [0.05, 0.1) is 11.6 Å². The van der Waals surface area contributed by atoms with Crippen LogP contribution < -0.4 is 10.2 Å². The van der Waals surface area contributed by atoms with Crippen LogP contribution in [-0.2, 0) is 0 Å². The highest BCUT2D eigenvalue weighted by Crippen LogP contribution is 2.26. The number of anilines is 2. The van der Waals surface area contributed by atoms with Gasteiger partial charge in [0.2, 0.25) is 0 Å². The summed E-state index contributed by atoms with van der Waals surface area (Å²) in [6, 6.07) is 7.93. The molecule has 0 spiro atoms. The van der Waals surface area contributed by atoms with Crippen LogP contribution in [-0.4, -0.2) is 46.2 Å². The Balaban J connectivity index is 1.41. The van der Waals surface area contributed by atoms with Gasteiger partial charge in [0.25, 0.3) is 0 Å². The van der Waals surface area contributed by atoms with Crippen LogP contribution in [0.5, 0.6) is 0 Å². The molecule has 0 atom stereocenters. The van der Waals surface area contributed by atoms with Crippen molar-refractivity contribution < 1.29 is 4.42 Å². The van der Waals surface area contributed by atoms with Crippen LogP contribution in [0.3, 0.4) is 0 Å². The zero-order valence-electron chi connectivity index (χ0n) is 14.9. The van der Waals surface area contributed by atoms with E-state index in [1.54, 1.807) is 12.5 Å². The van der Waals surface area contributed by atoms with Crippen molar-refractivity contribution >= 4 is 39.9 Å². The lowest BCUT2D eigenvalue weighted by atomic mass is 10.2. The molecule has 0 unspecified atom stereocenters. The van der Waals surface area contributed by atoms with E-state index < -0.39 is 0 Å². The van der Waals surface area contributed by atoms with Gasteiger partial charge in [-0.25, -0.2) is 9.97 Å². The van der Waals surface area contributed by atoms with E-state index in [0.29, 0.717) is 0 Å². The number of nitrogens with one attached hydrogen (secondary N) is 1. The summed E-state index contributed by atoms with van der Waals surface area (Å²) in [5.74, 6) is 1.78. The molecule has 0 aliphatic carbocycles. The maximum atomic E-state index is 5.59. The zero-order valence-corrected chi connectivity index (χ0v) is 15.7. The average molecular weight is 367 g/mol. The number of thiocarbonyl (C=S) groups is 1. The molecule has 0 aromatic carbocycles. The lowest BCUT2D eigenvalue weighted by Crippen LogP contribution is -2.50. The molecule has 3 aromatic heterocycles. The Labute approximate surface area is 157 Å². The van der Waals surface area contributed by atoms with Crippen molar-refractivity contribution in [1.82, 2.24) is 14.9 Å². The molecule has 0 amide bonds. The predicted molar refractivity (Wildman–Crippen MR) is 108 cm³/mol. The van der Waals surface area contributed by atoms with E-state index in [2.05, 4.69) is 38.1 Å². The normalized spacial score (nSPS) is 14.7. The summed E-state index contributed by atoms with van der Waals surface area (Å²) < 4.78 is 5.48. The number of hydrogen-bond donors (Lipinski definition) is 1. The lowest BCUT2D eigenvalue weighted by Gasteiger charge is -2.36. The van der Waals surface area contributed by atoms with Gasteiger partial charge in [-0.15, -0.1) is 0 Å². The third-order valence-corrected chi connectivity index (χ3v) is 4.92. The van der Waals surface area contributed by atoms with E-state index in [9.17, 15) is 0 Å². The SMILES string of the molecule is Cc1cc(C)nc(NC(=S)N2CCN(c3nccc4occc34)CC2)c1. The third kappa shape index (κ3) is 3.35. The highest BCUT2D eigenvalue weighted by atomic mass is 32.1. The standard InChI is InChI=1S/C19H21N5OS/c1-13-11-14(2)21-17(12-13)22-19(26)24-8-6-23(7-9-24)18-15-4-10-25-16(15)3-5-20-18/h3-5,10-12H,6-9H2,1-2H3,(H,21,22,26). The Bertz CT molecular complexity index is 926. The van der Waals surface area contributed by atoms with Gasteiger partial charge in [-0.2, -0.15) is 0 Å². The Morgan fingerprint density at radius 1 is 1.15 bits per heavy atom. The van der Waals surface area contributed by atoms with Crippen LogP contribution in [0, 0.1) is 13.8 Å². The van der Waals surface area contributed by atoms with E-state index in [0.717, 1.165) is 59.6 Å². The number of fused-ring (bicyclic) bond motifs is 1. The number of piperazine rings is 1. The van der Waals surface area contributed by atoms with Crippen molar-refractivity contribution in [3.63, 3.8) is 0 Å².